The Morgan fingerprint density at radius 3 is 1.70 bits per heavy atom. The second-order valence-corrected chi connectivity index (χ2v) is 12.1. The lowest BCUT2D eigenvalue weighted by molar-refractivity contribution is -0.143. The molecule has 5 aromatic rings. The molecular weight excluding hydrogens is 644 g/mol. The molecule has 10 N–H and O–H groups in total. The van der Waals surface area contributed by atoms with Crippen LogP contribution < -0.4 is 21.7 Å². The first-order valence-electron chi connectivity index (χ1n) is 16.0. The van der Waals surface area contributed by atoms with E-state index in [9.17, 15) is 39.3 Å². The first-order chi connectivity index (χ1) is 24.0. The zero-order valence-electron chi connectivity index (χ0n) is 26.9. The number of aromatic amines is 2. The summed E-state index contributed by atoms with van der Waals surface area (Å²) in [5.41, 5.74) is 9.79. The fraction of sp³-hybridized carbons (Fsp3) is 0.250. The summed E-state index contributed by atoms with van der Waals surface area (Å²) >= 11 is 0. The maximum Gasteiger partial charge on any atom is 0.326 e. The molecule has 4 atom stereocenters. The number of para-hydroxylation sites is 2. The lowest BCUT2D eigenvalue weighted by Gasteiger charge is -2.25. The number of carbonyl (C=O) groups is 5. The van der Waals surface area contributed by atoms with Crippen molar-refractivity contribution in [1.29, 1.82) is 0 Å². The number of aromatic nitrogens is 2. The summed E-state index contributed by atoms with van der Waals surface area (Å²) in [5.74, 6) is -4.85. The zero-order valence-corrected chi connectivity index (χ0v) is 26.9. The number of nitrogens with two attached hydrogens (primary N) is 1. The number of H-pyrrole nitrogens is 2. The van der Waals surface area contributed by atoms with Gasteiger partial charge in [-0.2, -0.15) is 0 Å². The molecule has 0 fully saturated rings. The molecule has 4 unspecified atom stereocenters. The number of fused-ring (bicyclic) bond motifs is 2. The van der Waals surface area contributed by atoms with E-state index < -0.39 is 60.2 Å². The van der Waals surface area contributed by atoms with Gasteiger partial charge in [0, 0.05) is 53.5 Å². The number of benzene rings is 3. The van der Waals surface area contributed by atoms with Crippen LogP contribution in [0.5, 0.6) is 5.75 Å². The van der Waals surface area contributed by atoms with Gasteiger partial charge in [0.25, 0.3) is 0 Å². The van der Waals surface area contributed by atoms with Gasteiger partial charge in [-0.05, 0) is 53.8 Å². The van der Waals surface area contributed by atoms with Crippen LogP contribution in [0.15, 0.2) is 85.2 Å². The molecule has 0 saturated heterocycles. The van der Waals surface area contributed by atoms with Crippen LogP contribution >= 0.6 is 0 Å². The van der Waals surface area contributed by atoms with Gasteiger partial charge in [-0.15, -0.1) is 0 Å². The number of carboxylic acid groups (broad SMARTS) is 2. The number of amides is 3. The van der Waals surface area contributed by atoms with Gasteiger partial charge in [0.1, 0.15) is 23.9 Å². The van der Waals surface area contributed by atoms with Crippen LogP contribution in [-0.2, 0) is 43.2 Å². The smallest absolute Gasteiger partial charge is 0.326 e. The number of hydrogen-bond acceptors (Lipinski definition) is 7. The highest BCUT2D eigenvalue weighted by Gasteiger charge is 2.32. The van der Waals surface area contributed by atoms with Crippen molar-refractivity contribution in [2.45, 2.75) is 56.3 Å². The Bertz CT molecular complexity index is 2000. The molecule has 0 aliphatic heterocycles. The Hall–Kier alpha value is -6.15. The minimum Gasteiger partial charge on any atom is -0.508 e. The number of phenols is 1. The Morgan fingerprint density at radius 2 is 1.14 bits per heavy atom. The Morgan fingerprint density at radius 1 is 0.640 bits per heavy atom. The normalized spacial score (nSPS) is 13.6. The van der Waals surface area contributed by atoms with Crippen molar-refractivity contribution in [1.82, 2.24) is 25.9 Å². The number of carboxylic acids is 2. The predicted molar refractivity (Wildman–Crippen MR) is 184 cm³/mol. The summed E-state index contributed by atoms with van der Waals surface area (Å²) in [4.78, 5) is 70.7. The molecular formula is C36H38N6O8. The molecule has 0 aliphatic rings. The van der Waals surface area contributed by atoms with Crippen LogP contribution in [0.25, 0.3) is 21.8 Å². The van der Waals surface area contributed by atoms with Gasteiger partial charge < -0.3 is 47.0 Å². The van der Waals surface area contributed by atoms with E-state index in [1.54, 1.807) is 30.6 Å². The topological polar surface area (TPSA) is 240 Å². The molecule has 3 aromatic carbocycles. The van der Waals surface area contributed by atoms with Crippen LogP contribution in [0, 0.1) is 0 Å². The van der Waals surface area contributed by atoms with Gasteiger partial charge in [-0.25, -0.2) is 4.79 Å². The molecule has 5 rings (SSSR count). The second kappa shape index (κ2) is 15.8. The van der Waals surface area contributed by atoms with Crippen LogP contribution in [-0.4, -0.2) is 79.1 Å². The number of carbonyl (C=O) groups excluding carboxylic acids is 3. The van der Waals surface area contributed by atoms with E-state index in [1.807, 2.05) is 42.5 Å². The number of aliphatic carboxylic acids is 2. The van der Waals surface area contributed by atoms with Gasteiger partial charge in [0.05, 0.1) is 6.04 Å². The van der Waals surface area contributed by atoms with Crippen molar-refractivity contribution >= 4 is 51.5 Å². The third-order valence-corrected chi connectivity index (χ3v) is 8.45. The van der Waals surface area contributed by atoms with Crippen molar-refractivity contribution < 1.29 is 39.3 Å². The average molecular weight is 683 g/mol. The van der Waals surface area contributed by atoms with Crippen LogP contribution in [0.1, 0.15) is 29.5 Å². The molecule has 0 aliphatic carbocycles. The summed E-state index contributed by atoms with van der Waals surface area (Å²) in [6.07, 6.45) is 2.51. The molecule has 14 heteroatoms. The number of rotatable bonds is 16. The van der Waals surface area contributed by atoms with E-state index in [4.69, 9.17) is 5.73 Å². The number of aromatic hydroxyl groups is 1. The molecule has 0 radical (unpaired) electrons. The van der Waals surface area contributed by atoms with Crippen molar-refractivity contribution in [3.63, 3.8) is 0 Å². The van der Waals surface area contributed by atoms with Gasteiger partial charge in [0.2, 0.25) is 17.7 Å². The average Bonchev–Trinajstić information content (AvgIpc) is 3.70. The van der Waals surface area contributed by atoms with E-state index in [0.29, 0.717) is 16.7 Å². The minimum atomic E-state index is -1.45. The van der Waals surface area contributed by atoms with E-state index >= 15 is 0 Å². The van der Waals surface area contributed by atoms with E-state index in [1.165, 1.54) is 12.1 Å². The summed E-state index contributed by atoms with van der Waals surface area (Å²) in [7, 11) is 0. The zero-order chi connectivity index (χ0) is 35.8. The summed E-state index contributed by atoms with van der Waals surface area (Å²) in [5, 5.41) is 38.2. The first-order valence-corrected chi connectivity index (χ1v) is 16.0. The largest absolute Gasteiger partial charge is 0.508 e. The van der Waals surface area contributed by atoms with Crippen molar-refractivity contribution in [2.24, 2.45) is 5.73 Å². The fourth-order valence-electron chi connectivity index (χ4n) is 5.79. The van der Waals surface area contributed by atoms with Crippen LogP contribution in [0.4, 0.5) is 0 Å². The highest BCUT2D eigenvalue weighted by Crippen LogP contribution is 2.21. The maximum atomic E-state index is 13.9. The van der Waals surface area contributed by atoms with Crippen LogP contribution in [0.2, 0.25) is 0 Å². The van der Waals surface area contributed by atoms with Gasteiger partial charge in [0.15, 0.2) is 0 Å². The highest BCUT2D eigenvalue weighted by molar-refractivity contribution is 5.95. The summed E-state index contributed by atoms with van der Waals surface area (Å²) in [6.45, 7) is 0. The minimum absolute atomic E-state index is 0.0148. The lowest BCUT2D eigenvalue weighted by atomic mass is 10.0. The maximum absolute atomic E-state index is 13.9. The molecule has 3 amide bonds. The molecule has 260 valence electrons. The van der Waals surface area contributed by atoms with Crippen molar-refractivity contribution in [2.75, 3.05) is 0 Å². The number of phenolic OH excluding ortho intramolecular Hbond substituents is 1. The SMILES string of the molecule is NC(Cc1ccc(O)cc1)C(=O)NC(Cc1c[nH]c2ccccc12)C(=O)NC(CCC(=O)O)C(=O)NC(Cc1c[nH]c2ccccc12)C(=O)O. The Labute approximate surface area is 286 Å². The molecule has 50 heavy (non-hydrogen) atoms. The molecule has 0 spiro atoms. The van der Waals surface area contributed by atoms with Gasteiger partial charge in [-0.3, -0.25) is 19.2 Å². The number of nitrogens with one attached hydrogen (secondary N) is 5. The monoisotopic (exact) mass is 682 g/mol. The molecule has 2 aromatic heterocycles. The Kier molecular flexibility index (Phi) is 11.1. The standard InChI is InChI=1S/C36H38N6O8/c37-26(15-20-9-11-23(43)12-10-20)33(46)41-30(16-21-18-38-27-7-3-1-5-24(21)27)35(48)40-29(13-14-32(44)45)34(47)42-31(36(49)50)17-22-19-39-28-8-4-2-6-25(22)28/h1-12,18-19,26,29-31,38-39,43H,13-17,37H2,(H,40,48)(H,41,46)(H,42,47)(H,44,45)(H,49,50). The van der Waals surface area contributed by atoms with E-state index in [2.05, 4.69) is 25.9 Å². The highest BCUT2D eigenvalue weighted by atomic mass is 16.4. The Balaban J connectivity index is 1.35. The summed E-state index contributed by atoms with van der Waals surface area (Å²) < 4.78 is 0. The van der Waals surface area contributed by atoms with E-state index in [0.717, 1.165) is 21.8 Å². The molecule has 2 heterocycles. The van der Waals surface area contributed by atoms with Crippen molar-refractivity contribution in [3.8, 4) is 5.75 Å². The number of hydrogen-bond donors (Lipinski definition) is 9. The van der Waals surface area contributed by atoms with Gasteiger partial charge >= 0.3 is 11.9 Å². The quantitative estimate of drug-likeness (QED) is 0.0739. The fourth-order valence-corrected chi connectivity index (χ4v) is 5.79. The third kappa shape index (κ3) is 8.85. The lowest BCUT2D eigenvalue weighted by Crippen LogP contribution is -2.58. The van der Waals surface area contributed by atoms with Crippen molar-refractivity contribution in [3.05, 3.63) is 102 Å². The predicted octanol–water partition coefficient (Wildman–Crippen LogP) is 2.11. The first kappa shape index (κ1) is 35.2. The second-order valence-electron chi connectivity index (χ2n) is 12.1. The third-order valence-electron chi connectivity index (χ3n) is 8.45. The molecule has 0 bridgehead atoms. The summed E-state index contributed by atoms with van der Waals surface area (Å²) in [6, 6.07) is 15.6. The van der Waals surface area contributed by atoms with Crippen LogP contribution in [0.3, 0.4) is 0 Å². The van der Waals surface area contributed by atoms with Gasteiger partial charge in [-0.1, -0.05) is 48.5 Å². The molecule has 14 nitrogen and oxygen atoms in total. The van der Waals surface area contributed by atoms with E-state index in [-0.39, 0.29) is 31.4 Å². The molecule has 0 saturated carbocycles.